The molecule has 1 aromatic heterocycles. The standard InChI is InChI=1S/C17H28F3N5O/c1-23-15(12-25-8-4-14(26)5-9-25)21-22-16(23)13-3-2-7-24(11-13)10-6-17(18,19)20/h13-14,26H,2-12H2,1H3/t13-/m0/s1. The van der Waals surface area contributed by atoms with Gasteiger partial charge in [-0.3, -0.25) is 4.90 Å². The molecule has 0 aromatic carbocycles. The summed E-state index contributed by atoms with van der Waals surface area (Å²) in [6.45, 7) is 3.77. The van der Waals surface area contributed by atoms with Crippen LogP contribution in [0.4, 0.5) is 13.2 Å². The molecule has 6 nitrogen and oxygen atoms in total. The summed E-state index contributed by atoms with van der Waals surface area (Å²) >= 11 is 0. The maximum Gasteiger partial charge on any atom is 0.390 e. The number of aliphatic hydroxyl groups is 1. The van der Waals surface area contributed by atoms with Crippen LogP contribution in [0.1, 0.15) is 49.7 Å². The Balaban J connectivity index is 1.58. The molecule has 0 unspecified atom stereocenters. The van der Waals surface area contributed by atoms with Crippen molar-refractivity contribution in [1.82, 2.24) is 24.6 Å². The van der Waals surface area contributed by atoms with Gasteiger partial charge >= 0.3 is 6.18 Å². The summed E-state index contributed by atoms with van der Waals surface area (Å²) in [5.41, 5.74) is 0. The lowest BCUT2D eigenvalue weighted by molar-refractivity contribution is -0.138. The van der Waals surface area contributed by atoms with Crippen LogP contribution in [-0.2, 0) is 13.6 Å². The van der Waals surface area contributed by atoms with Crippen molar-refractivity contribution in [1.29, 1.82) is 0 Å². The van der Waals surface area contributed by atoms with Crippen LogP contribution in [0.25, 0.3) is 0 Å². The van der Waals surface area contributed by atoms with Gasteiger partial charge in [-0.1, -0.05) is 0 Å². The van der Waals surface area contributed by atoms with Crippen LogP contribution >= 0.6 is 0 Å². The summed E-state index contributed by atoms with van der Waals surface area (Å²) < 4.78 is 39.4. The fourth-order valence-electron chi connectivity index (χ4n) is 3.90. The number of nitrogens with zero attached hydrogens (tertiary/aromatic N) is 5. The largest absolute Gasteiger partial charge is 0.393 e. The molecule has 2 aliphatic heterocycles. The first-order valence-corrected chi connectivity index (χ1v) is 9.39. The highest BCUT2D eigenvalue weighted by atomic mass is 19.4. The van der Waals surface area contributed by atoms with Gasteiger partial charge in [0.15, 0.2) is 0 Å². The van der Waals surface area contributed by atoms with Crippen molar-refractivity contribution in [3.05, 3.63) is 11.6 Å². The van der Waals surface area contributed by atoms with Crippen molar-refractivity contribution in [3.8, 4) is 0 Å². The number of piperidine rings is 2. The summed E-state index contributed by atoms with van der Waals surface area (Å²) in [5, 5.41) is 18.3. The summed E-state index contributed by atoms with van der Waals surface area (Å²) in [4.78, 5) is 4.15. The van der Waals surface area contributed by atoms with E-state index in [4.69, 9.17) is 0 Å². The maximum atomic E-state index is 12.5. The smallest absolute Gasteiger partial charge is 0.390 e. The second kappa shape index (κ2) is 8.22. The molecule has 1 N–H and O–H groups in total. The van der Waals surface area contributed by atoms with Crippen LogP contribution in [0.2, 0.25) is 0 Å². The van der Waals surface area contributed by atoms with E-state index in [0.29, 0.717) is 19.6 Å². The molecular formula is C17H28F3N5O. The van der Waals surface area contributed by atoms with Gasteiger partial charge < -0.3 is 14.6 Å². The Kier molecular flexibility index (Phi) is 6.19. The zero-order chi connectivity index (χ0) is 18.7. The Bertz CT molecular complexity index is 583. The molecule has 2 fully saturated rings. The van der Waals surface area contributed by atoms with Crippen LogP contribution in [0, 0.1) is 0 Å². The van der Waals surface area contributed by atoms with Gasteiger partial charge in [0.05, 0.1) is 19.1 Å². The van der Waals surface area contributed by atoms with Gasteiger partial charge in [0.1, 0.15) is 11.6 Å². The van der Waals surface area contributed by atoms with E-state index in [0.717, 1.165) is 50.4 Å². The van der Waals surface area contributed by atoms with E-state index in [2.05, 4.69) is 15.1 Å². The van der Waals surface area contributed by atoms with Crippen LogP contribution in [0.15, 0.2) is 0 Å². The molecule has 1 atom stereocenters. The number of halogens is 3. The highest BCUT2D eigenvalue weighted by Gasteiger charge is 2.31. The molecule has 2 aliphatic rings. The van der Waals surface area contributed by atoms with Gasteiger partial charge in [0.2, 0.25) is 0 Å². The van der Waals surface area contributed by atoms with Crippen molar-refractivity contribution in [2.45, 2.75) is 56.8 Å². The Morgan fingerprint density at radius 2 is 1.81 bits per heavy atom. The molecule has 0 spiro atoms. The first-order valence-electron chi connectivity index (χ1n) is 9.39. The third-order valence-corrected chi connectivity index (χ3v) is 5.50. The van der Waals surface area contributed by atoms with Crippen LogP contribution in [0.3, 0.4) is 0 Å². The summed E-state index contributed by atoms with van der Waals surface area (Å²) in [5.74, 6) is 1.88. The third-order valence-electron chi connectivity index (χ3n) is 5.50. The van der Waals surface area contributed by atoms with E-state index < -0.39 is 12.6 Å². The summed E-state index contributed by atoms with van der Waals surface area (Å²) in [6.07, 6.45) is -1.69. The minimum atomic E-state index is -4.10. The molecule has 1 aromatic rings. The lowest BCUT2D eigenvalue weighted by Crippen LogP contribution is -2.37. The minimum absolute atomic E-state index is 0.0564. The number of likely N-dealkylation sites (tertiary alicyclic amines) is 2. The number of rotatable bonds is 5. The number of hydrogen-bond donors (Lipinski definition) is 1. The molecule has 0 radical (unpaired) electrons. The van der Waals surface area contributed by atoms with Gasteiger partial charge in [-0.2, -0.15) is 13.2 Å². The van der Waals surface area contributed by atoms with Crippen molar-refractivity contribution >= 4 is 0 Å². The molecular weight excluding hydrogens is 347 g/mol. The molecule has 9 heteroatoms. The molecule has 0 saturated carbocycles. The van der Waals surface area contributed by atoms with E-state index in [9.17, 15) is 18.3 Å². The molecule has 26 heavy (non-hydrogen) atoms. The predicted octanol–water partition coefficient (Wildman–Crippen LogP) is 1.90. The van der Waals surface area contributed by atoms with Crippen LogP contribution < -0.4 is 0 Å². The second-order valence-electron chi connectivity index (χ2n) is 7.55. The lowest BCUT2D eigenvalue weighted by atomic mass is 9.97. The fourth-order valence-corrected chi connectivity index (χ4v) is 3.90. The van der Waals surface area contributed by atoms with E-state index in [-0.39, 0.29) is 18.6 Å². The summed E-state index contributed by atoms with van der Waals surface area (Å²) in [7, 11) is 1.94. The SMILES string of the molecule is Cn1c(CN2CCC(O)CC2)nnc1[C@H]1CCCN(CCC(F)(F)F)C1. The second-order valence-corrected chi connectivity index (χ2v) is 7.55. The quantitative estimate of drug-likeness (QED) is 0.852. The number of alkyl halides is 3. The topological polar surface area (TPSA) is 57.4 Å². The number of aromatic nitrogens is 3. The first kappa shape index (κ1) is 19.6. The molecule has 0 amide bonds. The molecule has 0 bridgehead atoms. The van der Waals surface area contributed by atoms with E-state index in [1.807, 2.05) is 16.5 Å². The lowest BCUT2D eigenvalue weighted by Gasteiger charge is -2.32. The monoisotopic (exact) mass is 375 g/mol. The van der Waals surface area contributed by atoms with E-state index in [1.165, 1.54) is 0 Å². The Hall–Kier alpha value is -1.19. The van der Waals surface area contributed by atoms with E-state index in [1.54, 1.807) is 0 Å². The Labute approximate surface area is 152 Å². The average molecular weight is 375 g/mol. The fraction of sp³-hybridized carbons (Fsp3) is 0.882. The third kappa shape index (κ3) is 5.17. The zero-order valence-corrected chi connectivity index (χ0v) is 15.3. The maximum absolute atomic E-state index is 12.5. The summed E-state index contributed by atoms with van der Waals surface area (Å²) in [6, 6.07) is 0. The van der Waals surface area contributed by atoms with Crippen LogP contribution in [0.5, 0.6) is 0 Å². The van der Waals surface area contributed by atoms with Crippen molar-refractivity contribution in [2.75, 3.05) is 32.7 Å². The van der Waals surface area contributed by atoms with Crippen LogP contribution in [-0.4, -0.2) is 74.7 Å². The minimum Gasteiger partial charge on any atom is -0.393 e. The van der Waals surface area contributed by atoms with E-state index >= 15 is 0 Å². The van der Waals surface area contributed by atoms with Gasteiger partial charge in [-0.05, 0) is 32.2 Å². The van der Waals surface area contributed by atoms with Gasteiger partial charge in [0, 0.05) is 39.1 Å². The van der Waals surface area contributed by atoms with Gasteiger partial charge in [0.25, 0.3) is 0 Å². The zero-order valence-electron chi connectivity index (χ0n) is 15.3. The number of aliphatic hydroxyl groups excluding tert-OH is 1. The number of hydrogen-bond acceptors (Lipinski definition) is 5. The van der Waals surface area contributed by atoms with Gasteiger partial charge in [-0.25, -0.2) is 0 Å². The van der Waals surface area contributed by atoms with Gasteiger partial charge in [-0.15, -0.1) is 10.2 Å². The van der Waals surface area contributed by atoms with Crippen molar-refractivity contribution in [2.24, 2.45) is 7.05 Å². The molecule has 0 aliphatic carbocycles. The molecule has 2 saturated heterocycles. The Morgan fingerprint density at radius 1 is 1.08 bits per heavy atom. The highest BCUT2D eigenvalue weighted by Crippen LogP contribution is 2.28. The Morgan fingerprint density at radius 3 is 2.50 bits per heavy atom. The van der Waals surface area contributed by atoms with Crippen molar-refractivity contribution < 1.29 is 18.3 Å². The molecule has 3 rings (SSSR count). The highest BCUT2D eigenvalue weighted by molar-refractivity contribution is 5.04. The molecule has 3 heterocycles. The molecule has 148 valence electrons. The average Bonchev–Trinajstić information content (AvgIpc) is 2.95. The first-order chi connectivity index (χ1) is 12.3. The van der Waals surface area contributed by atoms with Crippen molar-refractivity contribution in [3.63, 3.8) is 0 Å². The normalized spacial score (nSPS) is 24.3. The predicted molar refractivity (Wildman–Crippen MR) is 90.6 cm³/mol.